The van der Waals surface area contributed by atoms with E-state index in [2.05, 4.69) is 20.6 Å². The highest BCUT2D eigenvalue weighted by Crippen LogP contribution is 2.23. The number of rotatable bonds is 6. The fourth-order valence-electron chi connectivity index (χ4n) is 3.26. The summed E-state index contributed by atoms with van der Waals surface area (Å²) in [6.45, 7) is 3.79. The molecule has 0 saturated heterocycles. The van der Waals surface area contributed by atoms with Crippen LogP contribution in [0.3, 0.4) is 0 Å². The van der Waals surface area contributed by atoms with E-state index in [-0.39, 0.29) is 17.0 Å². The van der Waals surface area contributed by atoms with Crippen molar-refractivity contribution in [1.29, 1.82) is 0 Å². The number of anilines is 2. The highest BCUT2D eigenvalue weighted by atomic mass is 35.5. The molecule has 0 unspecified atom stereocenters. The molecule has 38 heavy (non-hydrogen) atoms. The summed E-state index contributed by atoms with van der Waals surface area (Å²) in [7, 11) is 3.20. The van der Waals surface area contributed by atoms with Crippen molar-refractivity contribution in [3.05, 3.63) is 106 Å². The number of pyridine rings is 2. The number of aromatic nitrogens is 2. The monoisotopic (exact) mass is 552 g/mol. The molecule has 4 rings (SSSR count). The Balaban J connectivity index is 0.000000211. The lowest BCUT2D eigenvalue weighted by Gasteiger charge is -2.10. The summed E-state index contributed by atoms with van der Waals surface area (Å²) in [4.78, 5) is 31.8. The third kappa shape index (κ3) is 7.68. The van der Waals surface area contributed by atoms with E-state index < -0.39 is 0 Å². The van der Waals surface area contributed by atoms with Crippen LogP contribution < -0.4 is 20.1 Å². The quantitative estimate of drug-likeness (QED) is 0.261. The first-order valence-corrected chi connectivity index (χ1v) is 12.1. The number of methoxy groups -OCH3 is 2. The van der Waals surface area contributed by atoms with Crippen LogP contribution in [0, 0.1) is 13.8 Å². The van der Waals surface area contributed by atoms with Gasteiger partial charge in [-0.15, -0.1) is 0 Å². The number of benzene rings is 2. The van der Waals surface area contributed by atoms with Crippen LogP contribution in [0.15, 0.2) is 73.1 Å². The first-order valence-electron chi connectivity index (χ1n) is 11.4. The van der Waals surface area contributed by atoms with Gasteiger partial charge in [-0.1, -0.05) is 23.2 Å². The van der Waals surface area contributed by atoms with Crippen molar-refractivity contribution in [2.24, 2.45) is 0 Å². The van der Waals surface area contributed by atoms with Crippen LogP contribution in [0.4, 0.5) is 11.4 Å². The molecule has 0 radical (unpaired) electrons. The van der Waals surface area contributed by atoms with Crippen molar-refractivity contribution in [2.45, 2.75) is 13.8 Å². The zero-order valence-corrected chi connectivity index (χ0v) is 22.7. The summed E-state index contributed by atoms with van der Waals surface area (Å²) in [5, 5.41) is 6.16. The molecule has 0 saturated carbocycles. The Bertz CT molecular complexity index is 1430. The summed E-state index contributed by atoms with van der Waals surface area (Å²) in [5.41, 5.74) is 4.09. The molecular formula is C28H26Cl2N4O4. The standard InChI is InChI=1S/2C14H13ClN2O2/c1-9-7-11(19-2)4-5-12(9)17-14(18)10-3-6-13(15)16-8-10;1-9-8-10(19-2)5-6-12(9)17-14(18)11-4-3-7-16-13(11)15/h2*3-8H,1-2H3,(H,17,18). The van der Waals surface area contributed by atoms with Crippen molar-refractivity contribution in [3.8, 4) is 11.5 Å². The van der Waals surface area contributed by atoms with E-state index in [0.29, 0.717) is 22.0 Å². The van der Waals surface area contributed by atoms with Crippen LogP contribution in [-0.2, 0) is 0 Å². The smallest absolute Gasteiger partial charge is 0.258 e. The number of ether oxygens (including phenoxy) is 2. The molecule has 4 aromatic rings. The lowest BCUT2D eigenvalue weighted by Crippen LogP contribution is -2.13. The highest BCUT2D eigenvalue weighted by Gasteiger charge is 2.12. The predicted octanol–water partition coefficient (Wildman–Crippen LogP) is 6.61. The molecule has 2 amide bonds. The second-order valence-electron chi connectivity index (χ2n) is 7.98. The molecule has 0 fully saturated rings. The molecule has 10 heteroatoms. The van der Waals surface area contributed by atoms with Gasteiger partial charge in [0, 0.05) is 23.8 Å². The van der Waals surface area contributed by atoms with Gasteiger partial charge >= 0.3 is 0 Å². The van der Waals surface area contributed by atoms with Crippen molar-refractivity contribution in [3.63, 3.8) is 0 Å². The molecule has 2 heterocycles. The van der Waals surface area contributed by atoms with Crippen LogP contribution >= 0.6 is 23.2 Å². The molecule has 0 bridgehead atoms. The number of hydrogen-bond acceptors (Lipinski definition) is 6. The van der Waals surface area contributed by atoms with Gasteiger partial charge in [0.25, 0.3) is 11.8 Å². The van der Waals surface area contributed by atoms with Gasteiger partial charge in [0.15, 0.2) is 0 Å². The molecule has 2 aromatic heterocycles. The summed E-state index contributed by atoms with van der Waals surface area (Å²) >= 11 is 11.6. The molecule has 8 nitrogen and oxygen atoms in total. The SMILES string of the molecule is COc1ccc(NC(=O)c2ccc(Cl)nc2)c(C)c1.COc1ccc(NC(=O)c2cccnc2Cl)c(C)c1. The van der Waals surface area contributed by atoms with Gasteiger partial charge in [-0.25, -0.2) is 9.97 Å². The van der Waals surface area contributed by atoms with E-state index in [1.54, 1.807) is 62.8 Å². The average Bonchev–Trinajstić information content (AvgIpc) is 2.91. The lowest BCUT2D eigenvalue weighted by atomic mass is 10.1. The molecule has 0 atom stereocenters. The fourth-order valence-corrected chi connectivity index (χ4v) is 3.57. The maximum Gasteiger partial charge on any atom is 0.258 e. The highest BCUT2D eigenvalue weighted by molar-refractivity contribution is 6.33. The first-order chi connectivity index (χ1) is 18.2. The van der Waals surface area contributed by atoms with E-state index in [1.807, 2.05) is 26.0 Å². The van der Waals surface area contributed by atoms with E-state index in [9.17, 15) is 9.59 Å². The predicted molar refractivity (Wildman–Crippen MR) is 150 cm³/mol. The van der Waals surface area contributed by atoms with Crippen LogP contribution in [0.25, 0.3) is 0 Å². The summed E-state index contributed by atoms with van der Waals surface area (Å²) < 4.78 is 10.2. The minimum absolute atomic E-state index is 0.186. The number of hydrogen-bond donors (Lipinski definition) is 2. The van der Waals surface area contributed by atoms with Gasteiger partial charge < -0.3 is 20.1 Å². The second-order valence-corrected chi connectivity index (χ2v) is 8.73. The van der Waals surface area contributed by atoms with Crippen molar-refractivity contribution in [1.82, 2.24) is 9.97 Å². The summed E-state index contributed by atoms with van der Waals surface area (Å²) in [6, 6.07) is 17.4. The maximum atomic E-state index is 12.1. The topological polar surface area (TPSA) is 102 Å². The van der Waals surface area contributed by atoms with Crippen LogP contribution in [0.5, 0.6) is 11.5 Å². The third-order valence-corrected chi connectivity index (χ3v) is 5.88. The van der Waals surface area contributed by atoms with Crippen molar-refractivity contribution >= 4 is 46.4 Å². The molecule has 0 aliphatic heterocycles. The van der Waals surface area contributed by atoms with Crippen LogP contribution in [0.2, 0.25) is 10.3 Å². The Hall–Kier alpha value is -4.14. The normalized spacial score (nSPS) is 10.1. The van der Waals surface area contributed by atoms with Gasteiger partial charge in [-0.2, -0.15) is 0 Å². The number of amides is 2. The molecule has 0 spiro atoms. The van der Waals surface area contributed by atoms with Gasteiger partial charge in [-0.3, -0.25) is 9.59 Å². The fraction of sp³-hybridized carbons (Fsp3) is 0.143. The van der Waals surface area contributed by atoms with E-state index >= 15 is 0 Å². The lowest BCUT2D eigenvalue weighted by molar-refractivity contribution is 0.101. The van der Waals surface area contributed by atoms with E-state index in [4.69, 9.17) is 32.7 Å². The number of nitrogens with zero attached hydrogens (tertiary/aromatic N) is 2. The van der Waals surface area contributed by atoms with Crippen LogP contribution in [0.1, 0.15) is 31.8 Å². The largest absolute Gasteiger partial charge is 0.497 e. The van der Waals surface area contributed by atoms with Crippen molar-refractivity contribution in [2.75, 3.05) is 24.9 Å². The summed E-state index contributed by atoms with van der Waals surface area (Å²) in [6.07, 6.45) is 2.98. The Morgan fingerprint density at radius 1 is 0.763 bits per heavy atom. The van der Waals surface area contributed by atoms with Gasteiger partial charge in [-0.05, 0) is 85.6 Å². The van der Waals surface area contributed by atoms with Gasteiger partial charge in [0.1, 0.15) is 21.8 Å². The zero-order valence-electron chi connectivity index (χ0n) is 21.2. The number of carbonyl (C=O) groups is 2. The minimum Gasteiger partial charge on any atom is -0.497 e. The molecule has 0 aliphatic carbocycles. The molecule has 0 aliphatic rings. The number of aryl methyl sites for hydroxylation is 2. The minimum atomic E-state index is -0.286. The molecular weight excluding hydrogens is 527 g/mol. The average molecular weight is 553 g/mol. The molecule has 2 aromatic carbocycles. The second kappa shape index (κ2) is 13.4. The molecule has 196 valence electrons. The van der Waals surface area contributed by atoms with Crippen LogP contribution in [-0.4, -0.2) is 36.0 Å². The summed E-state index contributed by atoms with van der Waals surface area (Å²) in [5.74, 6) is 0.988. The number of nitrogens with one attached hydrogen (secondary N) is 2. The maximum absolute atomic E-state index is 12.1. The van der Waals surface area contributed by atoms with Gasteiger partial charge in [0.2, 0.25) is 0 Å². The Morgan fingerprint density at radius 3 is 1.82 bits per heavy atom. The van der Waals surface area contributed by atoms with E-state index in [0.717, 1.165) is 28.3 Å². The molecule has 2 N–H and O–H groups in total. The van der Waals surface area contributed by atoms with E-state index in [1.165, 1.54) is 12.4 Å². The number of carbonyl (C=O) groups excluding carboxylic acids is 2. The number of halogens is 2. The Morgan fingerprint density at radius 2 is 1.34 bits per heavy atom. The zero-order chi connectivity index (χ0) is 27.7. The van der Waals surface area contributed by atoms with Crippen molar-refractivity contribution < 1.29 is 19.1 Å². The Labute approximate surface area is 230 Å². The first kappa shape index (κ1) is 28.4. The van der Waals surface area contributed by atoms with Gasteiger partial charge in [0.05, 0.1) is 25.3 Å². The Kier molecular flexibility index (Phi) is 10.0. The third-order valence-electron chi connectivity index (χ3n) is 5.36.